The van der Waals surface area contributed by atoms with E-state index in [1.807, 2.05) is 0 Å². The number of hydrogen-bond donors (Lipinski definition) is 1. The molecule has 6 heteroatoms. The van der Waals surface area contributed by atoms with E-state index in [1.54, 1.807) is 12.1 Å². The van der Waals surface area contributed by atoms with Crippen LogP contribution in [0.4, 0.5) is 4.39 Å². The summed E-state index contributed by atoms with van der Waals surface area (Å²) < 4.78 is 18.4. The van der Waals surface area contributed by atoms with Crippen LogP contribution >= 0.6 is 0 Å². The highest BCUT2D eigenvalue weighted by atomic mass is 19.1. The van der Waals surface area contributed by atoms with E-state index in [1.165, 1.54) is 12.1 Å². The summed E-state index contributed by atoms with van der Waals surface area (Å²) in [6, 6.07) is 5.92. The summed E-state index contributed by atoms with van der Waals surface area (Å²) in [4.78, 5) is 2.06. The third kappa shape index (κ3) is 2.80. The highest BCUT2D eigenvalue weighted by molar-refractivity contribution is 5.51. The van der Waals surface area contributed by atoms with Crippen molar-refractivity contribution >= 4 is 0 Å². The fraction of sp³-hybridized carbons (Fsp3) is 0.385. The van der Waals surface area contributed by atoms with Crippen LogP contribution in [-0.4, -0.2) is 39.4 Å². The lowest BCUT2D eigenvalue weighted by Crippen LogP contribution is -2.21. The van der Waals surface area contributed by atoms with Gasteiger partial charge in [-0.05, 0) is 30.7 Å². The molecule has 3 rings (SSSR count). The zero-order chi connectivity index (χ0) is 13.2. The van der Waals surface area contributed by atoms with Gasteiger partial charge in [0.15, 0.2) is 0 Å². The van der Waals surface area contributed by atoms with Crippen molar-refractivity contribution in [2.45, 2.75) is 19.1 Å². The lowest BCUT2D eigenvalue weighted by atomic mass is 10.2. The normalized spacial score (nSPS) is 20.0. The van der Waals surface area contributed by atoms with Crippen LogP contribution in [-0.2, 0) is 6.54 Å². The highest BCUT2D eigenvalue weighted by Crippen LogP contribution is 2.19. The van der Waals surface area contributed by atoms with E-state index in [9.17, 15) is 9.50 Å². The molecule has 0 aliphatic carbocycles. The molecule has 1 fully saturated rings. The summed E-state index contributed by atoms with van der Waals surface area (Å²) in [6.07, 6.45) is 0.512. The maximum Gasteiger partial charge on any atom is 0.247 e. The second-order valence-corrected chi connectivity index (χ2v) is 4.69. The number of nitrogens with zero attached hydrogens (tertiary/aromatic N) is 3. The Morgan fingerprint density at radius 3 is 2.79 bits per heavy atom. The number of β-amino-alcohol motifs (C(OH)–C–C–N with tert-alkyl or cyclic N) is 1. The Hall–Kier alpha value is -1.79. The van der Waals surface area contributed by atoms with Gasteiger partial charge in [0.2, 0.25) is 11.8 Å². The molecular formula is C13H14FN3O2. The van der Waals surface area contributed by atoms with Gasteiger partial charge in [-0.25, -0.2) is 4.39 Å². The van der Waals surface area contributed by atoms with Gasteiger partial charge in [0.1, 0.15) is 5.82 Å². The molecule has 0 spiro atoms. The zero-order valence-electron chi connectivity index (χ0n) is 10.3. The molecule has 0 unspecified atom stereocenters. The Balaban J connectivity index is 1.71. The molecule has 1 atom stereocenters. The largest absolute Gasteiger partial charge is 0.419 e. The van der Waals surface area contributed by atoms with Crippen LogP contribution in [0, 0.1) is 5.82 Å². The molecule has 100 valence electrons. The number of likely N-dealkylation sites (tertiary alicyclic amines) is 1. The van der Waals surface area contributed by atoms with Gasteiger partial charge >= 0.3 is 0 Å². The van der Waals surface area contributed by atoms with Gasteiger partial charge in [0.05, 0.1) is 12.6 Å². The minimum atomic E-state index is -0.297. The summed E-state index contributed by atoms with van der Waals surface area (Å²) in [5, 5.41) is 17.4. The van der Waals surface area contributed by atoms with Gasteiger partial charge in [0, 0.05) is 18.7 Å². The Bertz CT molecular complexity index is 555. The van der Waals surface area contributed by atoms with E-state index < -0.39 is 0 Å². The van der Waals surface area contributed by atoms with E-state index in [0.29, 0.717) is 30.4 Å². The van der Waals surface area contributed by atoms with Crippen LogP contribution in [0.25, 0.3) is 11.5 Å². The predicted octanol–water partition coefficient (Wildman–Crippen LogP) is 1.44. The first-order valence-corrected chi connectivity index (χ1v) is 6.19. The molecule has 1 aromatic heterocycles. The number of aliphatic hydroxyl groups is 1. The van der Waals surface area contributed by atoms with Gasteiger partial charge < -0.3 is 9.52 Å². The van der Waals surface area contributed by atoms with Crippen LogP contribution in [0.5, 0.6) is 0 Å². The molecule has 2 aromatic rings. The molecule has 5 nitrogen and oxygen atoms in total. The first kappa shape index (κ1) is 12.3. The number of benzene rings is 1. The summed E-state index contributed by atoms with van der Waals surface area (Å²) in [7, 11) is 0. The Morgan fingerprint density at radius 2 is 2.11 bits per heavy atom. The summed E-state index contributed by atoms with van der Waals surface area (Å²) >= 11 is 0. The molecule has 0 amide bonds. The van der Waals surface area contributed by atoms with E-state index >= 15 is 0 Å². The Morgan fingerprint density at radius 1 is 1.32 bits per heavy atom. The van der Waals surface area contributed by atoms with Gasteiger partial charge in [-0.15, -0.1) is 10.2 Å². The van der Waals surface area contributed by atoms with Crippen molar-refractivity contribution < 1.29 is 13.9 Å². The molecule has 1 aliphatic rings. The fourth-order valence-electron chi connectivity index (χ4n) is 2.17. The molecule has 1 aliphatic heterocycles. The first-order valence-electron chi connectivity index (χ1n) is 6.19. The minimum Gasteiger partial charge on any atom is -0.419 e. The first-order chi connectivity index (χ1) is 9.20. The van der Waals surface area contributed by atoms with Crippen LogP contribution in [0.3, 0.4) is 0 Å². The van der Waals surface area contributed by atoms with Crippen LogP contribution in [0.2, 0.25) is 0 Å². The summed E-state index contributed by atoms with van der Waals surface area (Å²) in [5.74, 6) is 0.595. The number of aromatic nitrogens is 2. The van der Waals surface area contributed by atoms with Crippen LogP contribution < -0.4 is 0 Å². The monoisotopic (exact) mass is 263 g/mol. The minimum absolute atomic E-state index is 0.264. The van der Waals surface area contributed by atoms with Crippen molar-refractivity contribution in [3.63, 3.8) is 0 Å². The molecular weight excluding hydrogens is 249 g/mol. The summed E-state index contributed by atoms with van der Waals surface area (Å²) in [5.41, 5.74) is 0.696. The van der Waals surface area contributed by atoms with Gasteiger partial charge in [-0.2, -0.15) is 0 Å². The molecule has 1 saturated heterocycles. The standard InChI is InChI=1S/C13H14FN3O2/c14-10-3-1-9(2-4-10)13-16-15-12(19-13)8-17-6-5-11(18)7-17/h1-4,11,18H,5-8H2/t11-/m0/s1. The molecule has 1 aromatic carbocycles. The van der Waals surface area contributed by atoms with Gasteiger partial charge in [-0.3, -0.25) is 4.90 Å². The molecule has 2 heterocycles. The van der Waals surface area contributed by atoms with Crippen molar-refractivity contribution in [1.82, 2.24) is 15.1 Å². The molecule has 0 bridgehead atoms. The lowest BCUT2D eigenvalue weighted by molar-refractivity contribution is 0.171. The van der Waals surface area contributed by atoms with E-state index in [4.69, 9.17) is 4.42 Å². The molecule has 1 N–H and O–H groups in total. The second-order valence-electron chi connectivity index (χ2n) is 4.69. The topological polar surface area (TPSA) is 62.4 Å². The highest BCUT2D eigenvalue weighted by Gasteiger charge is 2.22. The molecule has 19 heavy (non-hydrogen) atoms. The van der Waals surface area contributed by atoms with Crippen molar-refractivity contribution in [2.75, 3.05) is 13.1 Å². The Labute approximate surface area is 109 Å². The Kier molecular flexibility index (Phi) is 3.27. The SMILES string of the molecule is O[C@H]1CCN(Cc2nnc(-c3ccc(F)cc3)o2)C1. The molecule has 0 radical (unpaired) electrons. The second kappa shape index (κ2) is 5.07. The van der Waals surface area contributed by atoms with Gasteiger partial charge in [-0.1, -0.05) is 0 Å². The quantitative estimate of drug-likeness (QED) is 0.908. The van der Waals surface area contributed by atoms with Crippen LogP contribution in [0.1, 0.15) is 12.3 Å². The smallest absolute Gasteiger partial charge is 0.247 e. The fourth-order valence-corrected chi connectivity index (χ4v) is 2.17. The van der Waals surface area contributed by atoms with Crippen LogP contribution in [0.15, 0.2) is 28.7 Å². The third-order valence-electron chi connectivity index (χ3n) is 3.16. The number of halogens is 1. The average Bonchev–Trinajstić information content (AvgIpc) is 3.00. The van der Waals surface area contributed by atoms with E-state index in [2.05, 4.69) is 15.1 Å². The van der Waals surface area contributed by atoms with Crippen molar-refractivity contribution in [3.8, 4) is 11.5 Å². The van der Waals surface area contributed by atoms with Gasteiger partial charge in [0.25, 0.3) is 0 Å². The average molecular weight is 263 g/mol. The number of hydrogen-bond acceptors (Lipinski definition) is 5. The van der Waals surface area contributed by atoms with E-state index in [0.717, 1.165) is 13.0 Å². The van der Waals surface area contributed by atoms with Crippen molar-refractivity contribution in [3.05, 3.63) is 36.0 Å². The maximum atomic E-state index is 12.8. The summed E-state index contributed by atoms with van der Waals surface area (Å²) in [6.45, 7) is 1.99. The number of aliphatic hydroxyl groups excluding tert-OH is 1. The number of rotatable bonds is 3. The third-order valence-corrected chi connectivity index (χ3v) is 3.16. The van der Waals surface area contributed by atoms with Crippen molar-refractivity contribution in [2.24, 2.45) is 0 Å². The lowest BCUT2D eigenvalue weighted by Gasteiger charge is -2.10. The van der Waals surface area contributed by atoms with E-state index in [-0.39, 0.29) is 11.9 Å². The molecule has 0 saturated carbocycles. The zero-order valence-corrected chi connectivity index (χ0v) is 10.3. The predicted molar refractivity (Wildman–Crippen MR) is 65.6 cm³/mol. The maximum absolute atomic E-state index is 12.8. The van der Waals surface area contributed by atoms with Crippen molar-refractivity contribution in [1.29, 1.82) is 0 Å².